The number of halogens is 3. The number of anilines is 2. The number of alkyl halides is 3. The predicted octanol–water partition coefficient (Wildman–Crippen LogP) is 2.87. The quantitative estimate of drug-likeness (QED) is 0.840. The topological polar surface area (TPSA) is 32.3 Å². The van der Waals surface area contributed by atoms with Crippen LogP contribution in [0.25, 0.3) is 0 Å². The third-order valence-corrected chi connectivity index (χ3v) is 2.86. The highest BCUT2D eigenvalue weighted by molar-refractivity contribution is 6.02. The molecule has 18 heavy (non-hydrogen) atoms. The molecule has 0 unspecified atom stereocenters. The van der Waals surface area contributed by atoms with Crippen LogP contribution in [-0.2, 0) is 11.0 Å². The van der Waals surface area contributed by atoms with Gasteiger partial charge in [-0.2, -0.15) is 13.2 Å². The Hall–Kier alpha value is -1.72. The minimum atomic E-state index is -4.47. The molecule has 0 aliphatic carbocycles. The Kier molecular flexibility index (Phi) is 2.96. The van der Waals surface area contributed by atoms with Crippen molar-refractivity contribution in [2.75, 3.05) is 16.8 Å². The van der Waals surface area contributed by atoms with Gasteiger partial charge in [0.25, 0.3) is 0 Å². The molecule has 6 heteroatoms. The lowest BCUT2D eigenvalue weighted by Gasteiger charge is -2.35. The van der Waals surface area contributed by atoms with Crippen LogP contribution in [0.5, 0.6) is 0 Å². The molecule has 1 amide bonds. The van der Waals surface area contributed by atoms with Crippen LogP contribution in [0.2, 0.25) is 0 Å². The summed E-state index contributed by atoms with van der Waals surface area (Å²) in [6.45, 7) is 3.75. The summed E-state index contributed by atoms with van der Waals surface area (Å²) in [5.74, 6) is -0.423. The molecule has 1 heterocycles. The highest BCUT2D eigenvalue weighted by Crippen LogP contribution is 2.41. The maximum atomic E-state index is 12.9. The summed E-state index contributed by atoms with van der Waals surface area (Å²) in [6.07, 6.45) is -4.47. The van der Waals surface area contributed by atoms with E-state index in [9.17, 15) is 18.0 Å². The molecule has 0 saturated carbocycles. The van der Waals surface area contributed by atoms with Crippen molar-refractivity contribution in [1.29, 1.82) is 0 Å². The van der Waals surface area contributed by atoms with Crippen LogP contribution < -0.4 is 10.2 Å². The van der Waals surface area contributed by atoms with Crippen molar-refractivity contribution in [3.8, 4) is 0 Å². The highest BCUT2D eigenvalue weighted by atomic mass is 19.4. The zero-order valence-corrected chi connectivity index (χ0v) is 10.0. The molecule has 0 atom stereocenters. The van der Waals surface area contributed by atoms with Crippen molar-refractivity contribution in [3.63, 3.8) is 0 Å². The van der Waals surface area contributed by atoms with Gasteiger partial charge in [-0.15, -0.1) is 0 Å². The minimum Gasteiger partial charge on any atom is -0.358 e. The monoisotopic (exact) mass is 258 g/mol. The second kappa shape index (κ2) is 4.19. The average molecular weight is 258 g/mol. The summed E-state index contributed by atoms with van der Waals surface area (Å²) in [6, 6.07) is 3.87. The van der Waals surface area contributed by atoms with Crippen LogP contribution in [0.1, 0.15) is 19.4 Å². The fourth-order valence-electron chi connectivity index (χ4n) is 2.03. The molecule has 0 spiro atoms. The first kappa shape index (κ1) is 12.7. The summed E-state index contributed by atoms with van der Waals surface area (Å²) in [4.78, 5) is 13.2. The minimum absolute atomic E-state index is 0.0433. The number of para-hydroxylation sites is 1. The molecular formula is C12H13F3N2O. The molecule has 0 bridgehead atoms. The van der Waals surface area contributed by atoms with E-state index in [1.165, 1.54) is 6.07 Å². The highest BCUT2D eigenvalue weighted by Gasteiger charge is 2.37. The van der Waals surface area contributed by atoms with Crippen molar-refractivity contribution < 1.29 is 18.0 Å². The number of nitrogens with zero attached hydrogens (tertiary/aromatic N) is 1. The number of benzene rings is 1. The molecule has 0 fully saturated rings. The number of hydrogen-bond acceptors (Lipinski definition) is 2. The van der Waals surface area contributed by atoms with E-state index in [2.05, 4.69) is 5.32 Å². The first-order chi connectivity index (χ1) is 8.30. The van der Waals surface area contributed by atoms with E-state index in [-0.39, 0.29) is 18.3 Å². The van der Waals surface area contributed by atoms with Gasteiger partial charge in [0.1, 0.15) is 0 Å². The molecule has 1 aliphatic rings. The van der Waals surface area contributed by atoms with Gasteiger partial charge < -0.3 is 10.2 Å². The van der Waals surface area contributed by atoms with Crippen molar-refractivity contribution in [2.45, 2.75) is 26.1 Å². The number of rotatable bonds is 1. The third kappa shape index (κ3) is 2.14. The summed E-state index contributed by atoms with van der Waals surface area (Å²) in [7, 11) is 0. The van der Waals surface area contributed by atoms with Gasteiger partial charge in [-0.25, -0.2) is 0 Å². The molecule has 1 aromatic carbocycles. The SMILES string of the molecule is CC(C)N1CC(=O)Nc2c1cccc2C(F)(F)F. The third-order valence-electron chi connectivity index (χ3n) is 2.86. The number of nitrogens with one attached hydrogen (secondary N) is 1. The predicted molar refractivity (Wildman–Crippen MR) is 62.6 cm³/mol. The maximum Gasteiger partial charge on any atom is 0.418 e. The standard InChI is InChI=1S/C12H13F3N2O/c1-7(2)17-6-10(18)16-11-8(12(13,14)15)4-3-5-9(11)17/h3-5,7H,6H2,1-2H3,(H,16,18). The van der Waals surface area contributed by atoms with E-state index in [0.717, 1.165) is 6.07 Å². The Morgan fingerprint density at radius 1 is 1.33 bits per heavy atom. The zero-order chi connectivity index (χ0) is 13.5. The van der Waals surface area contributed by atoms with Crippen molar-refractivity contribution >= 4 is 17.3 Å². The largest absolute Gasteiger partial charge is 0.418 e. The maximum absolute atomic E-state index is 12.9. The summed E-state index contributed by atoms with van der Waals surface area (Å²) in [5.41, 5.74) is -0.534. The molecule has 1 aromatic rings. The Morgan fingerprint density at radius 3 is 2.56 bits per heavy atom. The van der Waals surface area contributed by atoms with Crippen LogP contribution in [0.15, 0.2) is 18.2 Å². The molecule has 1 aliphatic heterocycles. The number of carbonyl (C=O) groups is 1. The fourth-order valence-corrected chi connectivity index (χ4v) is 2.03. The van der Waals surface area contributed by atoms with E-state index >= 15 is 0 Å². The van der Waals surface area contributed by atoms with Crippen LogP contribution in [0.4, 0.5) is 24.5 Å². The second-order valence-electron chi connectivity index (χ2n) is 4.47. The van der Waals surface area contributed by atoms with Crippen LogP contribution >= 0.6 is 0 Å². The molecule has 0 radical (unpaired) electrons. The number of hydrogen-bond donors (Lipinski definition) is 1. The van der Waals surface area contributed by atoms with Gasteiger partial charge in [-0.3, -0.25) is 4.79 Å². The Morgan fingerprint density at radius 2 is 2.00 bits per heavy atom. The molecule has 0 aromatic heterocycles. The lowest BCUT2D eigenvalue weighted by atomic mass is 10.1. The fraction of sp³-hybridized carbons (Fsp3) is 0.417. The van der Waals surface area contributed by atoms with Crippen LogP contribution in [0.3, 0.4) is 0 Å². The van der Waals surface area contributed by atoms with E-state index in [1.54, 1.807) is 11.0 Å². The molecule has 1 N–H and O–H groups in total. The number of carbonyl (C=O) groups excluding carboxylic acids is 1. The van der Waals surface area contributed by atoms with Crippen LogP contribution in [-0.4, -0.2) is 18.5 Å². The second-order valence-corrected chi connectivity index (χ2v) is 4.47. The Balaban J connectivity index is 2.58. The van der Waals surface area contributed by atoms with Gasteiger partial charge in [0.05, 0.1) is 23.5 Å². The van der Waals surface area contributed by atoms with Gasteiger partial charge >= 0.3 is 6.18 Å². The summed E-state index contributed by atoms with van der Waals surface area (Å²) >= 11 is 0. The summed E-state index contributed by atoms with van der Waals surface area (Å²) in [5, 5.41) is 2.32. The van der Waals surface area contributed by atoms with Crippen molar-refractivity contribution in [1.82, 2.24) is 0 Å². The molecular weight excluding hydrogens is 245 g/mol. The normalized spacial score (nSPS) is 15.7. The van der Waals surface area contributed by atoms with Crippen molar-refractivity contribution in [3.05, 3.63) is 23.8 Å². The van der Waals surface area contributed by atoms with Gasteiger partial charge in [-0.1, -0.05) is 6.07 Å². The zero-order valence-electron chi connectivity index (χ0n) is 10.0. The lowest BCUT2D eigenvalue weighted by molar-refractivity contribution is -0.137. The Labute approximate surface area is 103 Å². The first-order valence-corrected chi connectivity index (χ1v) is 5.57. The number of amides is 1. The lowest BCUT2D eigenvalue weighted by Crippen LogP contribution is -2.42. The molecule has 0 saturated heterocycles. The molecule has 3 nitrogen and oxygen atoms in total. The number of fused-ring (bicyclic) bond motifs is 1. The van der Waals surface area contributed by atoms with Gasteiger partial charge in [0, 0.05) is 6.04 Å². The average Bonchev–Trinajstić information content (AvgIpc) is 2.25. The van der Waals surface area contributed by atoms with Crippen molar-refractivity contribution in [2.24, 2.45) is 0 Å². The van der Waals surface area contributed by atoms with E-state index < -0.39 is 17.6 Å². The van der Waals surface area contributed by atoms with E-state index in [0.29, 0.717) is 5.69 Å². The van der Waals surface area contributed by atoms with Gasteiger partial charge in [0.15, 0.2) is 0 Å². The van der Waals surface area contributed by atoms with E-state index in [1.807, 2.05) is 13.8 Å². The van der Waals surface area contributed by atoms with Crippen LogP contribution in [0, 0.1) is 0 Å². The molecule has 2 rings (SSSR count). The summed E-state index contributed by atoms with van der Waals surface area (Å²) < 4.78 is 38.6. The van der Waals surface area contributed by atoms with Gasteiger partial charge in [-0.05, 0) is 26.0 Å². The Bertz CT molecular complexity index is 483. The molecule has 98 valence electrons. The van der Waals surface area contributed by atoms with Gasteiger partial charge in [0.2, 0.25) is 5.91 Å². The van der Waals surface area contributed by atoms with E-state index in [4.69, 9.17) is 0 Å². The first-order valence-electron chi connectivity index (χ1n) is 5.57. The smallest absolute Gasteiger partial charge is 0.358 e.